The quantitative estimate of drug-likeness (QED) is 0.849. The molecule has 1 saturated carbocycles. The summed E-state index contributed by atoms with van der Waals surface area (Å²) in [6.07, 6.45) is 3.21. The van der Waals surface area contributed by atoms with Crippen molar-refractivity contribution in [2.24, 2.45) is 0 Å². The molecule has 2 fully saturated rings. The van der Waals surface area contributed by atoms with Crippen LogP contribution >= 0.6 is 0 Å². The predicted octanol–water partition coefficient (Wildman–Crippen LogP) is 2.19. The first-order valence-corrected chi connectivity index (χ1v) is 6.31. The van der Waals surface area contributed by atoms with Crippen LogP contribution in [0.2, 0.25) is 0 Å². The smallest absolute Gasteiger partial charge is 0.123 e. The van der Waals surface area contributed by atoms with E-state index in [1.54, 1.807) is 6.07 Å². The van der Waals surface area contributed by atoms with Crippen molar-refractivity contribution in [2.45, 2.75) is 37.8 Å². The van der Waals surface area contributed by atoms with Crippen molar-refractivity contribution in [3.63, 3.8) is 0 Å². The number of hydrogen-bond donors (Lipinski definition) is 1. The molecule has 3 heteroatoms. The average molecular weight is 235 g/mol. The van der Waals surface area contributed by atoms with Gasteiger partial charge in [0.1, 0.15) is 11.4 Å². The third kappa shape index (κ3) is 1.98. The molecule has 17 heavy (non-hydrogen) atoms. The van der Waals surface area contributed by atoms with E-state index in [9.17, 15) is 9.50 Å². The highest BCUT2D eigenvalue weighted by atomic mass is 19.1. The van der Waals surface area contributed by atoms with E-state index in [1.807, 2.05) is 6.92 Å². The van der Waals surface area contributed by atoms with Crippen LogP contribution < -0.4 is 0 Å². The number of nitrogens with zero attached hydrogens (tertiary/aromatic N) is 1. The molecule has 0 aromatic heterocycles. The summed E-state index contributed by atoms with van der Waals surface area (Å²) < 4.78 is 13.3. The number of β-amino-alcohol motifs (C(OH)–C–C–N with tert-alkyl or cyclic N) is 1. The summed E-state index contributed by atoms with van der Waals surface area (Å²) in [7, 11) is 0. The molecule has 0 bridgehead atoms. The Bertz CT molecular complexity index is 444. The molecule has 0 radical (unpaired) electrons. The number of likely N-dealkylation sites (tertiary alicyclic amines) is 1. The molecule has 1 aliphatic heterocycles. The molecule has 3 rings (SSSR count). The molecule has 92 valence electrons. The first-order chi connectivity index (χ1) is 8.08. The molecule has 1 aromatic carbocycles. The zero-order valence-corrected chi connectivity index (χ0v) is 10.1. The molecule has 0 spiro atoms. The number of aliphatic hydroxyl groups is 1. The second-order valence-electron chi connectivity index (χ2n) is 5.44. The normalized spacial score (nSPS) is 29.8. The van der Waals surface area contributed by atoms with Crippen LogP contribution in [0, 0.1) is 12.7 Å². The summed E-state index contributed by atoms with van der Waals surface area (Å²) in [6, 6.07) is 5.36. The van der Waals surface area contributed by atoms with E-state index in [0.717, 1.165) is 17.7 Å². The topological polar surface area (TPSA) is 23.5 Å². The standard InChI is InChI=1S/C14H18FNO/c1-10-2-3-11(15)8-13(10)14(17)6-7-16(9-14)12-4-5-12/h2-3,8,12,17H,4-7,9H2,1H3. The molecule has 1 N–H and O–H groups in total. The summed E-state index contributed by atoms with van der Waals surface area (Å²) in [5.74, 6) is -0.260. The highest BCUT2D eigenvalue weighted by Crippen LogP contribution is 2.39. The predicted molar refractivity (Wildman–Crippen MR) is 64.2 cm³/mol. The Balaban J connectivity index is 1.89. The molecule has 1 saturated heterocycles. The number of halogens is 1. The van der Waals surface area contributed by atoms with Gasteiger partial charge in [0.2, 0.25) is 0 Å². The Morgan fingerprint density at radius 1 is 1.41 bits per heavy atom. The number of aryl methyl sites for hydroxylation is 1. The number of benzene rings is 1. The second kappa shape index (κ2) is 3.79. The lowest BCUT2D eigenvalue weighted by atomic mass is 9.89. The Morgan fingerprint density at radius 3 is 2.88 bits per heavy atom. The highest BCUT2D eigenvalue weighted by Gasteiger charge is 2.43. The van der Waals surface area contributed by atoms with Crippen LogP contribution in [0.1, 0.15) is 30.4 Å². The number of hydrogen-bond acceptors (Lipinski definition) is 2. The van der Waals surface area contributed by atoms with E-state index < -0.39 is 5.60 Å². The van der Waals surface area contributed by atoms with Gasteiger partial charge in [-0.15, -0.1) is 0 Å². The van der Waals surface area contributed by atoms with Gasteiger partial charge in [0.15, 0.2) is 0 Å². The molecule has 1 aromatic rings. The van der Waals surface area contributed by atoms with Crippen LogP contribution in [0.4, 0.5) is 4.39 Å². The van der Waals surface area contributed by atoms with E-state index in [-0.39, 0.29) is 5.82 Å². The molecule has 1 aliphatic carbocycles. The molecular weight excluding hydrogens is 217 g/mol. The summed E-state index contributed by atoms with van der Waals surface area (Å²) in [6.45, 7) is 3.52. The molecular formula is C14H18FNO. The van der Waals surface area contributed by atoms with Crippen molar-refractivity contribution >= 4 is 0 Å². The summed E-state index contributed by atoms with van der Waals surface area (Å²) in [4.78, 5) is 2.34. The summed E-state index contributed by atoms with van der Waals surface area (Å²) >= 11 is 0. The third-order valence-electron chi connectivity index (χ3n) is 4.04. The minimum Gasteiger partial charge on any atom is -0.384 e. The lowest BCUT2D eigenvalue weighted by Gasteiger charge is -2.25. The van der Waals surface area contributed by atoms with Gasteiger partial charge >= 0.3 is 0 Å². The lowest BCUT2D eigenvalue weighted by molar-refractivity contribution is 0.0443. The first kappa shape index (κ1) is 11.2. The molecule has 1 heterocycles. The van der Waals surface area contributed by atoms with Crippen molar-refractivity contribution in [3.05, 3.63) is 35.1 Å². The van der Waals surface area contributed by atoms with Crippen LogP contribution in [-0.2, 0) is 5.60 Å². The zero-order chi connectivity index (χ0) is 12.0. The summed E-state index contributed by atoms with van der Waals surface area (Å²) in [5, 5.41) is 10.7. The SMILES string of the molecule is Cc1ccc(F)cc1C1(O)CCN(C2CC2)C1. The van der Waals surface area contributed by atoms with E-state index in [0.29, 0.717) is 19.0 Å². The molecule has 1 unspecified atom stereocenters. The first-order valence-electron chi connectivity index (χ1n) is 6.31. The fourth-order valence-corrected chi connectivity index (χ4v) is 2.89. The van der Waals surface area contributed by atoms with Gasteiger partial charge in [0, 0.05) is 19.1 Å². The largest absolute Gasteiger partial charge is 0.384 e. The fraction of sp³-hybridized carbons (Fsp3) is 0.571. The molecule has 0 amide bonds. The van der Waals surface area contributed by atoms with Crippen molar-refractivity contribution < 1.29 is 9.50 Å². The second-order valence-corrected chi connectivity index (χ2v) is 5.44. The minimum absolute atomic E-state index is 0.260. The fourth-order valence-electron chi connectivity index (χ4n) is 2.89. The maximum Gasteiger partial charge on any atom is 0.123 e. The van der Waals surface area contributed by atoms with Crippen molar-refractivity contribution in [1.29, 1.82) is 0 Å². The minimum atomic E-state index is -0.852. The van der Waals surface area contributed by atoms with Crippen LogP contribution in [0.15, 0.2) is 18.2 Å². The number of rotatable bonds is 2. The van der Waals surface area contributed by atoms with Crippen LogP contribution in [0.25, 0.3) is 0 Å². The van der Waals surface area contributed by atoms with Gasteiger partial charge in [0.05, 0.1) is 0 Å². The van der Waals surface area contributed by atoms with Gasteiger partial charge < -0.3 is 5.11 Å². The van der Waals surface area contributed by atoms with Crippen LogP contribution in [0.5, 0.6) is 0 Å². The Kier molecular flexibility index (Phi) is 2.49. The zero-order valence-electron chi connectivity index (χ0n) is 10.1. The Morgan fingerprint density at radius 2 is 2.18 bits per heavy atom. The van der Waals surface area contributed by atoms with Crippen molar-refractivity contribution in [1.82, 2.24) is 4.90 Å². The van der Waals surface area contributed by atoms with Gasteiger partial charge in [-0.3, -0.25) is 4.90 Å². The van der Waals surface area contributed by atoms with Gasteiger partial charge in [0.25, 0.3) is 0 Å². The maximum atomic E-state index is 13.3. The lowest BCUT2D eigenvalue weighted by Crippen LogP contribution is -2.32. The van der Waals surface area contributed by atoms with Crippen molar-refractivity contribution in [3.8, 4) is 0 Å². The van der Waals surface area contributed by atoms with Gasteiger partial charge in [-0.1, -0.05) is 6.07 Å². The Hall–Kier alpha value is -0.930. The molecule has 2 aliphatic rings. The van der Waals surface area contributed by atoms with Gasteiger partial charge in [-0.2, -0.15) is 0 Å². The third-order valence-corrected chi connectivity index (χ3v) is 4.04. The maximum absolute atomic E-state index is 13.3. The van der Waals surface area contributed by atoms with Crippen molar-refractivity contribution in [2.75, 3.05) is 13.1 Å². The van der Waals surface area contributed by atoms with Gasteiger partial charge in [-0.25, -0.2) is 4.39 Å². The van der Waals surface area contributed by atoms with E-state index >= 15 is 0 Å². The van der Waals surface area contributed by atoms with Crippen LogP contribution in [0.3, 0.4) is 0 Å². The highest BCUT2D eigenvalue weighted by molar-refractivity contribution is 5.33. The van der Waals surface area contributed by atoms with E-state index in [2.05, 4.69) is 4.90 Å². The van der Waals surface area contributed by atoms with E-state index in [4.69, 9.17) is 0 Å². The van der Waals surface area contributed by atoms with E-state index in [1.165, 1.54) is 25.0 Å². The van der Waals surface area contributed by atoms with Crippen LogP contribution in [-0.4, -0.2) is 29.1 Å². The monoisotopic (exact) mass is 235 g/mol. The summed E-state index contributed by atoms with van der Waals surface area (Å²) in [5.41, 5.74) is 0.890. The molecule has 1 atom stereocenters. The Labute approximate surface area is 101 Å². The molecule has 2 nitrogen and oxygen atoms in total. The van der Waals surface area contributed by atoms with Gasteiger partial charge in [-0.05, 0) is 49.4 Å². The average Bonchev–Trinajstić information content (AvgIpc) is 3.06.